The van der Waals surface area contributed by atoms with Crippen molar-refractivity contribution in [2.75, 3.05) is 0 Å². The Labute approximate surface area is 89.2 Å². The van der Waals surface area contributed by atoms with E-state index in [0.29, 0.717) is 0 Å². The first-order chi connectivity index (χ1) is 7.15. The molecule has 1 aromatic rings. The summed E-state index contributed by atoms with van der Waals surface area (Å²) in [6.07, 6.45) is 0.930. The van der Waals surface area contributed by atoms with Gasteiger partial charge in [-0.25, -0.2) is 10.2 Å². The number of primary amides is 1. The lowest BCUT2D eigenvalue weighted by Crippen LogP contribution is -2.25. The Morgan fingerprint density at radius 2 is 2.13 bits per heavy atom. The van der Waals surface area contributed by atoms with Crippen LogP contribution in [0, 0.1) is 0 Å². The summed E-state index contributed by atoms with van der Waals surface area (Å²) in [4.78, 5) is 10.5. The fourth-order valence-electron chi connectivity index (χ4n) is 1.38. The smallest absolute Gasteiger partial charge is 0.332 e. The summed E-state index contributed by atoms with van der Waals surface area (Å²) in [6.45, 7) is 3.91. The van der Waals surface area contributed by atoms with Gasteiger partial charge in [-0.15, -0.1) is 0 Å². The summed E-state index contributed by atoms with van der Waals surface area (Å²) < 4.78 is 0. The van der Waals surface area contributed by atoms with Crippen molar-refractivity contribution >= 4 is 11.7 Å². The quantitative estimate of drug-likeness (QED) is 0.571. The van der Waals surface area contributed by atoms with E-state index in [-0.39, 0.29) is 0 Å². The molecule has 15 heavy (non-hydrogen) atoms. The zero-order valence-electron chi connectivity index (χ0n) is 8.95. The van der Waals surface area contributed by atoms with Crippen molar-refractivity contribution in [1.29, 1.82) is 0 Å². The number of hydrogen-bond acceptors (Lipinski definition) is 2. The van der Waals surface area contributed by atoms with Gasteiger partial charge in [0.2, 0.25) is 0 Å². The molecule has 4 heteroatoms. The molecule has 0 aliphatic carbocycles. The van der Waals surface area contributed by atoms with E-state index in [1.807, 2.05) is 31.2 Å². The Kier molecular flexibility index (Phi) is 3.85. The lowest BCUT2D eigenvalue weighted by molar-refractivity contribution is 0.249. The lowest BCUT2D eigenvalue weighted by atomic mass is 10.0. The predicted octanol–water partition coefficient (Wildman–Crippen LogP) is 1.64. The average Bonchev–Trinajstić information content (AvgIpc) is 2.25. The first-order valence-corrected chi connectivity index (χ1v) is 4.83. The van der Waals surface area contributed by atoms with Crippen molar-refractivity contribution < 1.29 is 4.79 Å². The third kappa shape index (κ3) is 3.09. The fraction of sp³-hybridized carbons (Fsp3) is 0.273. The fourth-order valence-corrected chi connectivity index (χ4v) is 1.38. The van der Waals surface area contributed by atoms with Gasteiger partial charge in [0.25, 0.3) is 0 Å². The third-order valence-corrected chi connectivity index (χ3v) is 2.12. The second-order valence-corrected chi connectivity index (χ2v) is 3.18. The van der Waals surface area contributed by atoms with Gasteiger partial charge in [0.1, 0.15) is 0 Å². The summed E-state index contributed by atoms with van der Waals surface area (Å²) in [5.74, 6) is 0. The number of nitrogens with two attached hydrogens (primary N) is 1. The van der Waals surface area contributed by atoms with E-state index in [1.54, 1.807) is 0 Å². The van der Waals surface area contributed by atoms with Crippen molar-refractivity contribution in [1.82, 2.24) is 5.43 Å². The zero-order valence-corrected chi connectivity index (χ0v) is 8.95. The van der Waals surface area contributed by atoms with Crippen LogP contribution in [0.4, 0.5) is 4.79 Å². The number of carbonyl (C=O) groups excluding carboxylic acids is 1. The number of nitrogens with one attached hydrogen (secondary N) is 1. The van der Waals surface area contributed by atoms with Crippen molar-refractivity contribution in [2.45, 2.75) is 20.3 Å². The molecule has 1 aromatic carbocycles. The zero-order chi connectivity index (χ0) is 11.3. The van der Waals surface area contributed by atoms with E-state index in [2.05, 4.69) is 17.5 Å². The van der Waals surface area contributed by atoms with Crippen LogP contribution < -0.4 is 11.2 Å². The number of hydrogen-bond donors (Lipinski definition) is 2. The van der Waals surface area contributed by atoms with Gasteiger partial charge in [-0.05, 0) is 18.9 Å². The van der Waals surface area contributed by atoms with E-state index in [4.69, 9.17) is 5.73 Å². The molecular weight excluding hydrogens is 190 g/mol. The molecule has 0 spiro atoms. The summed E-state index contributed by atoms with van der Waals surface area (Å²) in [6, 6.07) is 7.29. The number of amides is 2. The Hall–Kier alpha value is -1.84. The number of carbonyl (C=O) groups is 1. The normalized spacial score (nSPS) is 11.2. The first-order valence-electron chi connectivity index (χ1n) is 4.83. The number of nitrogens with zero attached hydrogens (tertiary/aromatic N) is 1. The van der Waals surface area contributed by atoms with Crippen LogP contribution in [0.25, 0.3) is 0 Å². The van der Waals surface area contributed by atoms with Crippen LogP contribution in [0.15, 0.2) is 29.4 Å². The number of rotatable bonds is 3. The van der Waals surface area contributed by atoms with E-state index in [1.165, 1.54) is 5.56 Å². The van der Waals surface area contributed by atoms with Crippen LogP contribution >= 0.6 is 0 Å². The van der Waals surface area contributed by atoms with E-state index < -0.39 is 6.03 Å². The van der Waals surface area contributed by atoms with Crippen molar-refractivity contribution in [3.05, 3.63) is 35.4 Å². The van der Waals surface area contributed by atoms with E-state index in [0.717, 1.165) is 17.7 Å². The Morgan fingerprint density at radius 1 is 1.47 bits per heavy atom. The minimum absolute atomic E-state index is 0.650. The molecule has 0 aliphatic heterocycles. The van der Waals surface area contributed by atoms with Crippen molar-refractivity contribution in [2.24, 2.45) is 10.8 Å². The van der Waals surface area contributed by atoms with E-state index >= 15 is 0 Å². The molecule has 4 nitrogen and oxygen atoms in total. The molecule has 2 amide bonds. The predicted molar refractivity (Wildman–Crippen MR) is 60.8 cm³/mol. The van der Waals surface area contributed by atoms with Crippen LogP contribution in [0.1, 0.15) is 25.0 Å². The highest BCUT2D eigenvalue weighted by Crippen LogP contribution is 2.10. The molecule has 0 bridgehead atoms. The molecule has 0 saturated carbocycles. The molecular formula is C11H15N3O. The molecule has 0 aliphatic rings. The highest BCUT2D eigenvalue weighted by atomic mass is 16.2. The Bertz CT molecular complexity index is 385. The van der Waals surface area contributed by atoms with Gasteiger partial charge in [-0.3, -0.25) is 0 Å². The largest absolute Gasteiger partial charge is 0.350 e. The second-order valence-electron chi connectivity index (χ2n) is 3.18. The molecule has 0 aromatic heterocycles. The van der Waals surface area contributed by atoms with Gasteiger partial charge < -0.3 is 5.73 Å². The van der Waals surface area contributed by atoms with Crippen LogP contribution in [0.3, 0.4) is 0 Å². The van der Waals surface area contributed by atoms with Crippen LogP contribution in [0.2, 0.25) is 0 Å². The number of aryl methyl sites for hydroxylation is 1. The highest BCUT2D eigenvalue weighted by molar-refractivity contribution is 6.00. The van der Waals surface area contributed by atoms with Crippen LogP contribution in [0.5, 0.6) is 0 Å². The first kappa shape index (κ1) is 11.2. The molecule has 1 rings (SSSR count). The topological polar surface area (TPSA) is 67.5 Å². The van der Waals surface area contributed by atoms with Gasteiger partial charge in [-0.1, -0.05) is 31.2 Å². The molecule has 0 fully saturated rings. The maximum atomic E-state index is 10.5. The van der Waals surface area contributed by atoms with E-state index in [9.17, 15) is 4.79 Å². The Balaban J connectivity index is 2.94. The average molecular weight is 205 g/mol. The number of hydrazone groups is 1. The van der Waals surface area contributed by atoms with Gasteiger partial charge >= 0.3 is 6.03 Å². The van der Waals surface area contributed by atoms with Gasteiger partial charge in [0.15, 0.2) is 0 Å². The van der Waals surface area contributed by atoms with Crippen LogP contribution in [-0.4, -0.2) is 11.7 Å². The molecule has 0 heterocycles. The standard InChI is InChI=1S/C11H15N3O/c1-3-9-6-4-5-7-10(9)8(2)13-14-11(12)15/h4-7H,3H2,1-2H3,(H3,12,14,15)/b13-8+. The summed E-state index contributed by atoms with van der Waals surface area (Å²) in [5, 5.41) is 3.89. The molecule has 0 atom stereocenters. The monoisotopic (exact) mass is 205 g/mol. The van der Waals surface area contributed by atoms with Gasteiger partial charge in [0, 0.05) is 5.56 Å². The maximum Gasteiger partial charge on any atom is 0.332 e. The van der Waals surface area contributed by atoms with Crippen LogP contribution in [-0.2, 0) is 6.42 Å². The highest BCUT2D eigenvalue weighted by Gasteiger charge is 2.02. The van der Waals surface area contributed by atoms with Gasteiger partial charge in [-0.2, -0.15) is 5.10 Å². The molecule has 0 unspecified atom stereocenters. The molecule has 0 saturated heterocycles. The lowest BCUT2D eigenvalue weighted by Gasteiger charge is -2.06. The summed E-state index contributed by atoms with van der Waals surface area (Å²) in [5.41, 5.74) is 10.1. The third-order valence-electron chi connectivity index (χ3n) is 2.12. The number of benzene rings is 1. The Morgan fingerprint density at radius 3 is 2.73 bits per heavy atom. The molecule has 80 valence electrons. The molecule has 3 N–H and O–H groups in total. The van der Waals surface area contributed by atoms with Crippen molar-refractivity contribution in [3.63, 3.8) is 0 Å². The summed E-state index contributed by atoms with van der Waals surface area (Å²) >= 11 is 0. The molecule has 0 radical (unpaired) electrons. The second kappa shape index (κ2) is 5.14. The SMILES string of the molecule is CCc1ccccc1/C(C)=N/NC(N)=O. The summed E-state index contributed by atoms with van der Waals surface area (Å²) in [7, 11) is 0. The maximum absolute atomic E-state index is 10.5. The van der Waals surface area contributed by atoms with Crippen molar-refractivity contribution in [3.8, 4) is 0 Å². The van der Waals surface area contributed by atoms with Gasteiger partial charge in [0.05, 0.1) is 5.71 Å². The minimum atomic E-state index is -0.650. The number of urea groups is 1. The minimum Gasteiger partial charge on any atom is -0.350 e.